The Morgan fingerprint density at radius 3 is 2.11 bits per heavy atom. The van der Waals surface area contributed by atoms with Gasteiger partial charge in [-0.15, -0.1) is 10.2 Å². The molecular formula is C17H12Cl3N5O2. The summed E-state index contributed by atoms with van der Waals surface area (Å²) in [6, 6.07) is 9.33. The van der Waals surface area contributed by atoms with Gasteiger partial charge in [-0.05, 0) is 47.2 Å². The van der Waals surface area contributed by atoms with Gasteiger partial charge >= 0.3 is 0 Å². The molecule has 0 aliphatic carbocycles. The van der Waals surface area contributed by atoms with Crippen LogP contribution in [0.3, 0.4) is 0 Å². The third kappa shape index (κ3) is 3.53. The number of amides is 1. The van der Waals surface area contributed by atoms with Gasteiger partial charge in [0.15, 0.2) is 11.6 Å². The number of rotatable bonds is 5. The van der Waals surface area contributed by atoms with Gasteiger partial charge in [-0.25, -0.2) is 0 Å². The number of nitrogens with two attached hydrogens (primary N) is 2. The van der Waals surface area contributed by atoms with E-state index in [4.69, 9.17) is 46.3 Å². The monoisotopic (exact) mass is 423 g/mol. The molecule has 0 saturated carbocycles. The van der Waals surface area contributed by atoms with Crippen LogP contribution in [0.25, 0.3) is 0 Å². The van der Waals surface area contributed by atoms with Crippen LogP contribution in [0.5, 0.6) is 0 Å². The number of carbonyl (C=O) groups is 2. The Balaban J connectivity index is 1.97. The van der Waals surface area contributed by atoms with Crippen LogP contribution in [0.4, 0.5) is 0 Å². The Bertz CT molecular complexity index is 981. The number of primary amides is 1. The standard InChI is InChI=1S/C17H12Cl3N5O2/c18-10-3-1-9(2-4-10)14(26)13-11(19)5-8(6-12(13)20)7-17(16(22)27)15(21)23-25-24-17/h1-6H,7H2,(H2,22,27)(H2,21,23,24). The number of carbonyl (C=O) groups excluding carboxylic acids is 2. The van der Waals surface area contributed by atoms with E-state index in [2.05, 4.69) is 15.4 Å². The molecule has 0 bridgehead atoms. The summed E-state index contributed by atoms with van der Waals surface area (Å²) in [4.78, 5) is 24.6. The minimum Gasteiger partial charge on any atom is -0.383 e. The lowest BCUT2D eigenvalue weighted by Gasteiger charge is -2.21. The molecule has 2 aromatic carbocycles. The largest absolute Gasteiger partial charge is 0.383 e. The lowest BCUT2D eigenvalue weighted by molar-refractivity contribution is -0.120. The van der Waals surface area contributed by atoms with E-state index >= 15 is 0 Å². The van der Waals surface area contributed by atoms with Crippen molar-refractivity contribution in [3.8, 4) is 0 Å². The Morgan fingerprint density at radius 1 is 1.04 bits per heavy atom. The predicted octanol–water partition coefficient (Wildman–Crippen LogP) is 3.38. The molecule has 0 saturated heterocycles. The van der Waals surface area contributed by atoms with Crippen LogP contribution in [0, 0.1) is 0 Å². The highest BCUT2D eigenvalue weighted by atomic mass is 35.5. The van der Waals surface area contributed by atoms with Gasteiger partial charge in [0.25, 0.3) is 5.91 Å². The first-order valence-electron chi connectivity index (χ1n) is 7.58. The van der Waals surface area contributed by atoms with E-state index in [0.717, 1.165) is 0 Å². The average Bonchev–Trinajstić information content (AvgIpc) is 2.96. The SMILES string of the molecule is NC(=O)C1(Cc2cc(Cl)c(C(=O)c3ccc(Cl)cc3)c(Cl)c2)N=NN=C1N. The molecule has 0 aromatic heterocycles. The maximum Gasteiger partial charge on any atom is 0.255 e. The first kappa shape index (κ1) is 19.3. The van der Waals surface area contributed by atoms with E-state index in [-0.39, 0.29) is 33.6 Å². The molecule has 138 valence electrons. The topological polar surface area (TPSA) is 123 Å². The van der Waals surface area contributed by atoms with Gasteiger partial charge < -0.3 is 11.5 Å². The van der Waals surface area contributed by atoms with Crippen molar-refractivity contribution in [2.24, 2.45) is 26.9 Å². The second-order valence-corrected chi connectivity index (χ2v) is 7.10. The fourth-order valence-electron chi connectivity index (χ4n) is 2.65. The first-order valence-corrected chi connectivity index (χ1v) is 8.72. The second kappa shape index (κ2) is 7.26. The number of amidine groups is 1. The number of hydrogen-bond acceptors (Lipinski definition) is 6. The average molecular weight is 425 g/mol. The molecule has 1 atom stereocenters. The minimum absolute atomic E-state index is 0.0456. The number of benzene rings is 2. The van der Waals surface area contributed by atoms with E-state index in [1.54, 1.807) is 24.3 Å². The van der Waals surface area contributed by atoms with Crippen molar-refractivity contribution in [3.63, 3.8) is 0 Å². The van der Waals surface area contributed by atoms with Gasteiger partial charge in [0.05, 0.1) is 15.6 Å². The Morgan fingerprint density at radius 2 is 1.63 bits per heavy atom. The fraction of sp³-hybridized carbons (Fsp3) is 0.118. The van der Waals surface area contributed by atoms with Gasteiger partial charge in [-0.3, -0.25) is 9.59 Å². The molecule has 1 unspecified atom stereocenters. The third-order valence-electron chi connectivity index (χ3n) is 4.09. The van der Waals surface area contributed by atoms with Gasteiger partial charge in [0.2, 0.25) is 5.54 Å². The molecule has 1 amide bonds. The van der Waals surface area contributed by atoms with E-state index in [1.807, 2.05) is 0 Å². The second-order valence-electron chi connectivity index (χ2n) is 5.85. The first-order chi connectivity index (χ1) is 12.7. The normalized spacial score (nSPS) is 18.4. The van der Waals surface area contributed by atoms with Crippen LogP contribution in [-0.4, -0.2) is 23.1 Å². The molecule has 7 nitrogen and oxygen atoms in total. The lowest BCUT2D eigenvalue weighted by Crippen LogP contribution is -2.52. The minimum atomic E-state index is -1.60. The highest BCUT2D eigenvalue weighted by Crippen LogP contribution is 2.32. The van der Waals surface area contributed by atoms with Crippen molar-refractivity contribution in [3.05, 3.63) is 68.2 Å². The molecule has 10 heteroatoms. The summed E-state index contributed by atoms with van der Waals surface area (Å²) >= 11 is 18.4. The molecule has 4 N–H and O–H groups in total. The van der Waals surface area contributed by atoms with Gasteiger partial charge in [-0.1, -0.05) is 34.8 Å². The van der Waals surface area contributed by atoms with Crippen molar-refractivity contribution < 1.29 is 9.59 Å². The van der Waals surface area contributed by atoms with Crippen molar-refractivity contribution in [2.75, 3.05) is 0 Å². The Kier molecular flexibility index (Phi) is 5.19. The summed E-state index contributed by atoms with van der Waals surface area (Å²) in [5, 5.41) is 11.5. The summed E-state index contributed by atoms with van der Waals surface area (Å²) in [5.74, 6) is -1.29. The molecule has 1 aliphatic heterocycles. The van der Waals surface area contributed by atoms with E-state index in [1.165, 1.54) is 12.1 Å². The molecule has 0 spiro atoms. The van der Waals surface area contributed by atoms with Crippen molar-refractivity contribution >= 4 is 52.3 Å². The molecule has 1 aliphatic rings. The van der Waals surface area contributed by atoms with E-state index in [0.29, 0.717) is 16.1 Å². The lowest BCUT2D eigenvalue weighted by atomic mass is 9.89. The van der Waals surface area contributed by atoms with Crippen molar-refractivity contribution in [1.29, 1.82) is 0 Å². The summed E-state index contributed by atoms with van der Waals surface area (Å²) in [5.41, 5.74) is 10.6. The smallest absolute Gasteiger partial charge is 0.255 e. The van der Waals surface area contributed by atoms with Crippen LogP contribution in [0.1, 0.15) is 21.5 Å². The fourth-order valence-corrected chi connectivity index (χ4v) is 3.48. The molecule has 2 aromatic rings. The van der Waals surface area contributed by atoms with E-state index < -0.39 is 11.4 Å². The highest BCUT2D eigenvalue weighted by Gasteiger charge is 2.45. The highest BCUT2D eigenvalue weighted by molar-refractivity contribution is 6.41. The van der Waals surface area contributed by atoms with Crippen LogP contribution < -0.4 is 11.5 Å². The number of nitrogens with zero attached hydrogens (tertiary/aromatic N) is 3. The summed E-state index contributed by atoms with van der Waals surface area (Å²) in [6.07, 6.45) is -0.0456. The zero-order valence-corrected chi connectivity index (χ0v) is 15.9. The van der Waals surface area contributed by atoms with E-state index in [9.17, 15) is 9.59 Å². The molecule has 3 rings (SSSR count). The van der Waals surface area contributed by atoms with Crippen molar-refractivity contribution in [1.82, 2.24) is 0 Å². The van der Waals surface area contributed by atoms with Gasteiger partial charge in [0.1, 0.15) is 0 Å². The summed E-state index contributed by atoms with van der Waals surface area (Å²) < 4.78 is 0. The number of halogens is 3. The Labute approximate surface area is 169 Å². The van der Waals surface area contributed by atoms with Crippen LogP contribution in [-0.2, 0) is 11.2 Å². The maximum absolute atomic E-state index is 12.7. The Hall–Kier alpha value is -2.48. The van der Waals surface area contributed by atoms with Gasteiger partial charge in [0, 0.05) is 17.0 Å². The quantitative estimate of drug-likeness (QED) is 0.715. The van der Waals surface area contributed by atoms with Crippen LogP contribution in [0.2, 0.25) is 15.1 Å². The summed E-state index contributed by atoms with van der Waals surface area (Å²) in [7, 11) is 0. The van der Waals surface area contributed by atoms with Crippen LogP contribution in [0.15, 0.2) is 51.8 Å². The summed E-state index contributed by atoms with van der Waals surface area (Å²) in [6.45, 7) is 0. The zero-order valence-electron chi connectivity index (χ0n) is 13.6. The predicted molar refractivity (Wildman–Crippen MR) is 103 cm³/mol. The molecule has 1 heterocycles. The molecule has 27 heavy (non-hydrogen) atoms. The number of hydrogen-bond donors (Lipinski definition) is 2. The van der Waals surface area contributed by atoms with Gasteiger partial charge in [-0.2, -0.15) is 0 Å². The zero-order chi connectivity index (χ0) is 19.8. The third-order valence-corrected chi connectivity index (χ3v) is 4.94. The van der Waals surface area contributed by atoms with Crippen molar-refractivity contribution in [2.45, 2.75) is 12.0 Å². The number of ketones is 1. The van der Waals surface area contributed by atoms with Crippen LogP contribution >= 0.6 is 34.8 Å². The maximum atomic E-state index is 12.7. The molecular weight excluding hydrogens is 413 g/mol. The molecule has 0 fully saturated rings. The molecule has 0 radical (unpaired) electrons.